The van der Waals surface area contributed by atoms with Crippen LogP contribution in [0.4, 0.5) is 0 Å². The van der Waals surface area contributed by atoms with Crippen molar-refractivity contribution in [2.75, 3.05) is 0 Å². The second-order valence-electron chi connectivity index (χ2n) is 3.80. The van der Waals surface area contributed by atoms with Crippen molar-refractivity contribution in [1.29, 1.82) is 0 Å². The van der Waals surface area contributed by atoms with Crippen LogP contribution >= 0.6 is 0 Å². The molecule has 4 heteroatoms. The summed E-state index contributed by atoms with van der Waals surface area (Å²) in [4.78, 5) is 10.9. The van der Waals surface area contributed by atoms with Gasteiger partial charge in [-0.25, -0.2) is 0 Å². The average molecular weight is 219 g/mol. The Morgan fingerprint density at radius 2 is 2.31 bits per heavy atom. The number of aryl methyl sites for hydroxylation is 1. The molecule has 1 N–H and O–H groups in total. The van der Waals surface area contributed by atoms with E-state index in [-0.39, 0.29) is 0 Å². The summed E-state index contributed by atoms with van der Waals surface area (Å²) in [5.74, 6) is -1.37. The fourth-order valence-electron chi connectivity index (χ4n) is 1.67. The van der Waals surface area contributed by atoms with Crippen LogP contribution in [-0.4, -0.2) is 16.2 Å². The van der Waals surface area contributed by atoms with E-state index in [1.165, 1.54) is 0 Å². The van der Waals surface area contributed by atoms with Gasteiger partial charge in [-0.1, -0.05) is 18.1 Å². The topological polar surface area (TPSA) is 63.3 Å². The number of aliphatic carboxylic acids is 1. The average Bonchev–Trinajstić information content (AvgIpc) is 2.69. The lowest BCUT2D eigenvalue weighted by molar-refractivity contribution is -0.138. The van der Waals surface area contributed by atoms with Gasteiger partial charge in [0, 0.05) is 5.39 Å². The molecule has 0 aliphatic heterocycles. The maximum atomic E-state index is 10.9. The van der Waals surface area contributed by atoms with Gasteiger partial charge < -0.3 is 9.63 Å². The highest BCUT2D eigenvalue weighted by Crippen LogP contribution is 2.24. The molecular weight excluding hydrogens is 206 g/mol. The van der Waals surface area contributed by atoms with Crippen LogP contribution in [0.25, 0.3) is 11.0 Å². The second kappa shape index (κ2) is 3.96. The summed E-state index contributed by atoms with van der Waals surface area (Å²) >= 11 is 0. The zero-order valence-electron chi connectivity index (χ0n) is 9.23. The fraction of sp³-hybridized carbons (Fsp3) is 0.333. The van der Waals surface area contributed by atoms with Crippen LogP contribution in [0.5, 0.6) is 0 Å². The first kappa shape index (κ1) is 10.7. The normalized spacial score (nSPS) is 12.9. The van der Waals surface area contributed by atoms with E-state index < -0.39 is 11.9 Å². The van der Waals surface area contributed by atoms with E-state index in [9.17, 15) is 4.79 Å². The molecule has 0 aliphatic rings. The lowest BCUT2D eigenvalue weighted by atomic mass is 10.00. The summed E-state index contributed by atoms with van der Waals surface area (Å²) in [5, 5.41) is 13.8. The third-order valence-electron chi connectivity index (χ3n) is 2.78. The SMILES string of the molecule is CCc1noc2cc(C(C)C(=O)O)ccc12. The molecule has 1 atom stereocenters. The van der Waals surface area contributed by atoms with Crippen LogP contribution in [0.1, 0.15) is 31.0 Å². The Balaban J connectivity index is 2.49. The van der Waals surface area contributed by atoms with Gasteiger partial charge in [0.15, 0.2) is 5.58 Å². The van der Waals surface area contributed by atoms with E-state index in [0.717, 1.165) is 23.1 Å². The Morgan fingerprint density at radius 3 is 2.94 bits per heavy atom. The van der Waals surface area contributed by atoms with Crippen LogP contribution < -0.4 is 0 Å². The Kier molecular flexibility index (Phi) is 2.64. The molecule has 4 nitrogen and oxygen atoms in total. The third-order valence-corrected chi connectivity index (χ3v) is 2.78. The minimum atomic E-state index is -0.838. The van der Waals surface area contributed by atoms with Gasteiger partial charge in [0.25, 0.3) is 0 Å². The molecule has 0 radical (unpaired) electrons. The number of fused-ring (bicyclic) bond motifs is 1. The quantitative estimate of drug-likeness (QED) is 0.861. The predicted octanol–water partition coefficient (Wildman–Crippen LogP) is 2.58. The molecule has 0 amide bonds. The largest absolute Gasteiger partial charge is 0.481 e. The summed E-state index contributed by atoms with van der Waals surface area (Å²) in [7, 11) is 0. The van der Waals surface area contributed by atoms with Crippen molar-refractivity contribution in [2.24, 2.45) is 0 Å². The van der Waals surface area contributed by atoms with Gasteiger partial charge in [0.2, 0.25) is 0 Å². The Morgan fingerprint density at radius 1 is 1.56 bits per heavy atom. The number of hydrogen-bond donors (Lipinski definition) is 1. The number of aromatic nitrogens is 1. The molecule has 1 unspecified atom stereocenters. The molecule has 16 heavy (non-hydrogen) atoms. The number of carbonyl (C=O) groups is 1. The van der Waals surface area contributed by atoms with Crippen molar-refractivity contribution in [3.63, 3.8) is 0 Å². The fourth-order valence-corrected chi connectivity index (χ4v) is 1.67. The van der Waals surface area contributed by atoms with Gasteiger partial charge in [-0.3, -0.25) is 4.79 Å². The minimum Gasteiger partial charge on any atom is -0.481 e. The van der Waals surface area contributed by atoms with Crippen molar-refractivity contribution in [1.82, 2.24) is 5.16 Å². The molecule has 1 aromatic carbocycles. The standard InChI is InChI=1S/C12H13NO3/c1-3-10-9-5-4-8(7(2)12(14)15)6-11(9)16-13-10/h4-7H,3H2,1-2H3,(H,14,15). The van der Waals surface area contributed by atoms with Gasteiger partial charge in [0.1, 0.15) is 0 Å². The van der Waals surface area contributed by atoms with Crippen molar-refractivity contribution < 1.29 is 14.4 Å². The maximum absolute atomic E-state index is 10.9. The van der Waals surface area contributed by atoms with Crippen LogP contribution in [0.3, 0.4) is 0 Å². The second-order valence-corrected chi connectivity index (χ2v) is 3.80. The molecule has 0 saturated heterocycles. The molecule has 0 spiro atoms. The van der Waals surface area contributed by atoms with E-state index in [1.807, 2.05) is 19.1 Å². The Bertz CT molecular complexity index is 530. The van der Waals surface area contributed by atoms with E-state index in [0.29, 0.717) is 5.58 Å². The third kappa shape index (κ3) is 1.66. The zero-order chi connectivity index (χ0) is 11.7. The first-order chi connectivity index (χ1) is 7.63. The maximum Gasteiger partial charge on any atom is 0.310 e. The first-order valence-corrected chi connectivity index (χ1v) is 5.24. The highest BCUT2D eigenvalue weighted by atomic mass is 16.5. The number of carboxylic acid groups (broad SMARTS) is 1. The number of rotatable bonds is 3. The molecule has 84 valence electrons. The molecule has 0 aliphatic carbocycles. The van der Waals surface area contributed by atoms with Crippen LogP contribution in [-0.2, 0) is 11.2 Å². The highest BCUT2D eigenvalue weighted by Gasteiger charge is 2.15. The molecule has 0 bridgehead atoms. The van der Waals surface area contributed by atoms with Crippen molar-refractivity contribution in [2.45, 2.75) is 26.2 Å². The van der Waals surface area contributed by atoms with Crippen molar-refractivity contribution in [3.8, 4) is 0 Å². The molecule has 0 saturated carbocycles. The van der Waals surface area contributed by atoms with Crippen molar-refractivity contribution in [3.05, 3.63) is 29.5 Å². The van der Waals surface area contributed by atoms with E-state index in [4.69, 9.17) is 9.63 Å². The summed E-state index contributed by atoms with van der Waals surface area (Å²) in [6.45, 7) is 3.66. The Labute approximate surface area is 92.9 Å². The van der Waals surface area contributed by atoms with Crippen molar-refractivity contribution >= 4 is 16.9 Å². The summed E-state index contributed by atoms with van der Waals surface area (Å²) < 4.78 is 5.17. The smallest absolute Gasteiger partial charge is 0.310 e. The van der Waals surface area contributed by atoms with Gasteiger partial charge in [-0.15, -0.1) is 0 Å². The molecule has 0 fully saturated rings. The molecule has 2 rings (SSSR count). The lowest BCUT2D eigenvalue weighted by Crippen LogP contribution is -2.06. The summed E-state index contributed by atoms with van der Waals surface area (Å²) in [6.07, 6.45) is 0.806. The lowest BCUT2D eigenvalue weighted by Gasteiger charge is -2.05. The minimum absolute atomic E-state index is 0.528. The zero-order valence-corrected chi connectivity index (χ0v) is 9.23. The predicted molar refractivity (Wildman–Crippen MR) is 59.4 cm³/mol. The van der Waals surface area contributed by atoms with E-state index >= 15 is 0 Å². The summed E-state index contributed by atoms with van der Waals surface area (Å²) in [6, 6.07) is 5.44. The van der Waals surface area contributed by atoms with E-state index in [1.54, 1.807) is 13.0 Å². The highest BCUT2D eigenvalue weighted by molar-refractivity contribution is 5.83. The number of carboxylic acids is 1. The van der Waals surface area contributed by atoms with Crippen LogP contribution in [0, 0.1) is 0 Å². The van der Waals surface area contributed by atoms with Gasteiger partial charge in [0.05, 0.1) is 11.6 Å². The van der Waals surface area contributed by atoms with Crippen LogP contribution in [0.15, 0.2) is 22.7 Å². The molecule has 1 heterocycles. The van der Waals surface area contributed by atoms with Gasteiger partial charge >= 0.3 is 5.97 Å². The van der Waals surface area contributed by atoms with E-state index in [2.05, 4.69) is 5.16 Å². The summed E-state index contributed by atoms with van der Waals surface area (Å²) in [5.41, 5.74) is 2.30. The molecule has 1 aromatic heterocycles. The molecule has 2 aromatic rings. The van der Waals surface area contributed by atoms with Crippen LogP contribution in [0.2, 0.25) is 0 Å². The number of nitrogens with zero attached hydrogens (tertiary/aromatic N) is 1. The van der Waals surface area contributed by atoms with Gasteiger partial charge in [-0.05, 0) is 31.0 Å². The number of benzene rings is 1. The monoisotopic (exact) mass is 219 g/mol. The van der Waals surface area contributed by atoms with Gasteiger partial charge in [-0.2, -0.15) is 0 Å². The number of hydrogen-bond acceptors (Lipinski definition) is 3. The molecular formula is C12H13NO3. The Hall–Kier alpha value is -1.84. The first-order valence-electron chi connectivity index (χ1n) is 5.24.